The summed E-state index contributed by atoms with van der Waals surface area (Å²) in [5.41, 5.74) is 0. The summed E-state index contributed by atoms with van der Waals surface area (Å²) in [4.78, 5) is 18.8. The second-order valence-corrected chi connectivity index (χ2v) is 3.68. The van der Waals surface area contributed by atoms with Crippen LogP contribution in [-0.2, 0) is 29.1 Å². The van der Waals surface area contributed by atoms with E-state index in [2.05, 4.69) is 53.0 Å². The Balaban J connectivity index is -0.0000000457. The largest absolute Gasteiger partial charge is 4.00 e. The first-order valence-electron chi connectivity index (χ1n) is 5.11. The van der Waals surface area contributed by atoms with Gasteiger partial charge in [-0.2, -0.15) is 20.8 Å². The second-order valence-electron chi connectivity index (χ2n) is 3.68. The molecule has 0 aromatic carbocycles. The summed E-state index contributed by atoms with van der Waals surface area (Å²) in [6.45, 7) is 24.3. The summed E-state index contributed by atoms with van der Waals surface area (Å²) >= 11 is 0. The Kier molecular flexibility index (Phi) is 63.6. The van der Waals surface area contributed by atoms with Crippen LogP contribution in [0.5, 0.6) is 0 Å². The fraction of sp³-hybridized carbons (Fsp3) is 0.692. The van der Waals surface area contributed by atoms with Gasteiger partial charge in [-0.3, -0.25) is 13.6 Å². The van der Waals surface area contributed by atoms with Gasteiger partial charge in [0, 0.05) is 6.42 Å². The molecule has 0 aliphatic heterocycles. The molecular weight excluding hydrogens is 303 g/mol. The summed E-state index contributed by atoms with van der Waals surface area (Å²) < 4.78 is 0. The molecule has 3 nitrogen and oxygen atoms in total. The van der Waals surface area contributed by atoms with E-state index in [9.17, 15) is 0 Å². The monoisotopic (exact) mass is 328 g/mol. The Bertz CT molecular complexity index is 142. The van der Waals surface area contributed by atoms with Crippen molar-refractivity contribution >= 4 is 13.6 Å². The van der Waals surface area contributed by atoms with Crippen molar-refractivity contribution < 1.29 is 29.1 Å². The molecule has 0 aromatic rings. The Hall–Kier alpha value is -0.547. The molecule has 17 heavy (non-hydrogen) atoms. The van der Waals surface area contributed by atoms with Crippen LogP contribution in [0, 0.1) is 18.4 Å². The van der Waals surface area contributed by atoms with Crippen LogP contribution in [0.25, 0.3) is 4.85 Å². The molecule has 100 valence electrons. The van der Waals surface area contributed by atoms with E-state index in [1.165, 1.54) is 12.3 Å². The van der Waals surface area contributed by atoms with Gasteiger partial charge >= 0.3 is 19.5 Å². The molecule has 1 atom stereocenters. The third kappa shape index (κ3) is 94.0. The van der Waals surface area contributed by atoms with Gasteiger partial charge in [0.05, 0.1) is 0 Å². The van der Waals surface area contributed by atoms with Crippen molar-refractivity contribution in [1.82, 2.24) is 0 Å². The molecule has 0 rings (SSSR count). The third-order valence-corrected chi connectivity index (χ3v) is 1.43. The van der Waals surface area contributed by atoms with E-state index in [1.807, 2.05) is 0 Å². The second kappa shape index (κ2) is 36.1. The molecule has 0 radical (unpaired) electrons. The number of rotatable bonds is 3. The van der Waals surface area contributed by atoms with Crippen LogP contribution in [0.1, 0.15) is 47.5 Å². The Labute approximate surface area is 120 Å². The van der Waals surface area contributed by atoms with Gasteiger partial charge in [-0.25, -0.2) is 6.57 Å². The van der Waals surface area contributed by atoms with Crippen molar-refractivity contribution in [2.75, 3.05) is 6.54 Å². The molecule has 0 aliphatic carbocycles. The molecule has 0 N–H and O–H groups in total. The van der Waals surface area contributed by atoms with Crippen molar-refractivity contribution in [3.63, 3.8) is 0 Å². The number of hydrogen-bond donors (Lipinski definition) is 0. The predicted octanol–water partition coefficient (Wildman–Crippen LogP) is 3.41. The maximum Gasteiger partial charge on any atom is 4.00 e. The maximum atomic E-state index is 7.75. The van der Waals surface area contributed by atoms with Crippen LogP contribution in [0.15, 0.2) is 0 Å². The zero-order valence-corrected chi connectivity index (χ0v) is 13.2. The van der Waals surface area contributed by atoms with Gasteiger partial charge in [-0.05, 0) is 5.92 Å². The van der Waals surface area contributed by atoms with E-state index in [4.69, 9.17) is 16.2 Å². The molecule has 0 saturated heterocycles. The third-order valence-electron chi connectivity index (χ3n) is 1.43. The minimum Gasteiger partial charge on any atom is -0.545 e. The average molecular weight is 327 g/mol. The Morgan fingerprint density at radius 1 is 1.18 bits per heavy atom. The molecule has 0 fully saturated rings. The van der Waals surface area contributed by atoms with Gasteiger partial charge in [-0.15, -0.1) is 0 Å². The van der Waals surface area contributed by atoms with Gasteiger partial charge in [0.25, 0.3) is 0 Å². The molecule has 0 heterocycles. The topological polar surface area (TPSA) is 38.5 Å². The zero-order chi connectivity index (χ0) is 14.0. The van der Waals surface area contributed by atoms with E-state index in [0.717, 1.165) is 12.3 Å². The molecule has 4 heteroatoms. The molecule has 0 bridgehead atoms. The Morgan fingerprint density at radius 2 is 1.47 bits per heavy atom. The fourth-order valence-corrected chi connectivity index (χ4v) is 0.489. The van der Waals surface area contributed by atoms with Crippen LogP contribution in [0.3, 0.4) is 0 Å². The van der Waals surface area contributed by atoms with E-state index in [1.54, 1.807) is 0 Å². The van der Waals surface area contributed by atoms with Crippen molar-refractivity contribution in [2.24, 2.45) is 5.92 Å². The summed E-state index contributed by atoms with van der Waals surface area (Å²) in [6, 6.07) is 0. The average Bonchev–Trinajstić information content (AvgIpc) is 2.30. The van der Waals surface area contributed by atoms with Crippen molar-refractivity contribution in [3.8, 4) is 0 Å². The minimum atomic E-state index is 0. The normalized spacial score (nSPS) is 8.53. The quantitative estimate of drug-likeness (QED) is 0.453. The summed E-state index contributed by atoms with van der Waals surface area (Å²) in [6.07, 6.45) is 2.27. The first kappa shape index (κ1) is 30.0. The van der Waals surface area contributed by atoms with Crippen LogP contribution in [0.2, 0.25) is 0 Å². The first-order valence-corrected chi connectivity index (χ1v) is 5.11. The van der Waals surface area contributed by atoms with Crippen molar-refractivity contribution in [3.05, 3.63) is 17.3 Å². The smallest absolute Gasteiger partial charge is 0.545 e. The van der Waals surface area contributed by atoms with Crippen molar-refractivity contribution in [1.29, 1.82) is 0 Å². The fourth-order valence-electron chi connectivity index (χ4n) is 0.489. The van der Waals surface area contributed by atoms with E-state index >= 15 is 0 Å². The standard InChI is InChI=1S/C7H13N.C4H9.2CHO.Ru/c1-4-7(2)5-6-8-3;1-4(2)3;2*1-2;/h7H,4-6H2,1-2H3;1-3H3;2*1H;/q;3*-1;+4. The molecular formula is C13H24NO2Ru+. The number of hydrogen-bond acceptors (Lipinski definition) is 2. The molecule has 0 aromatic heterocycles. The summed E-state index contributed by atoms with van der Waals surface area (Å²) in [7, 11) is 0. The molecule has 0 aliphatic rings. The zero-order valence-electron chi connectivity index (χ0n) is 11.5. The van der Waals surface area contributed by atoms with Crippen molar-refractivity contribution in [2.45, 2.75) is 47.5 Å². The van der Waals surface area contributed by atoms with E-state index < -0.39 is 0 Å². The summed E-state index contributed by atoms with van der Waals surface area (Å²) in [5, 5.41) is 0. The predicted molar refractivity (Wildman–Crippen MR) is 69.3 cm³/mol. The minimum absolute atomic E-state index is 0. The van der Waals surface area contributed by atoms with Gasteiger partial charge < -0.3 is 20.4 Å². The van der Waals surface area contributed by atoms with Crippen LogP contribution < -0.4 is 0 Å². The van der Waals surface area contributed by atoms with Gasteiger partial charge in [-0.1, -0.05) is 20.3 Å². The number of nitrogens with zero attached hydrogens (tertiary/aromatic N) is 1. The van der Waals surface area contributed by atoms with Crippen LogP contribution >= 0.6 is 0 Å². The van der Waals surface area contributed by atoms with E-state index in [0.29, 0.717) is 6.54 Å². The summed E-state index contributed by atoms with van der Waals surface area (Å²) in [5.74, 6) is 2.16. The molecule has 1 unspecified atom stereocenters. The van der Waals surface area contributed by atoms with Crippen LogP contribution in [0.4, 0.5) is 0 Å². The molecule has 0 spiro atoms. The Morgan fingerprint density at radius 3 is 1.65 bits per heavy atom. The van der Waals surface area contributed by atoms with Gasteiger partial charge in [0.15, 0.2) is 0 Å². The van der Waals surface area contributed by atoms with E-state index in [-0.39, 0.29) is 19.5 Å². The van der Waals surface area contributed by atoms with Gasteiger partial charge in [0.1, 0.15) is 0 Å². The van der Waals surface area contributed by atoms with Gasteiger partial charge in [0.2, 0.25) is 6.54 Å². The molecule has 0 amide bonds. The first-order chi connectivity index (χ1) is 7.54. The molecule has 0 saturated carbocycles. The number of carbonyl (C=O) groups excluding carboxylic acids is 2. The SMILES string of the molecule is C[C-](C)C.[C-]#[N+]CCC(C)CC.[CH-]=O.[CH-]=O.[Ru+4]. The van der Waals surface area contributed by atoms with Crippen LogP contribution in [-0.4, -0.2) is 20.1 Å². The maximum absolute atomic E-state index is 7.75.